The van der Waals surface area contributed by atoms with Crippen molar-refractivity contribution in [2.75, 3.05) is 12.4 Å². The summed E-state index contributed by atoms with van der Waals surface area (Å²) in [4.78, 5) is 4.61. The molecular weight excluding hydrogens is 348 g/mol. The number of benzene rings is 2. The molecule has 0 saturated carbocycles. The monoisotopic (exact) mass is 364 g/mol. The van der Waals surface area contributed by atoms with Gasteiger partial charge in [0, 0.05) is 22.4 Å². The summed E-state index contributed by atoms with van der Waals surface area (Å²) in [6.07, 6.45) is 1.15. The molecule has 0 bridgehead atoms. The highest BCUT2D eigenvalue weighted by Crippen LogP contribution is 2.44. The summed E-state index contributed by atoms with van der Waals surface area (Å²) in [5.41, 5.74) is 3.78. The summed E-state index contributed by atoms with van der Waals surface area (Å²) in [7, 11) is 1.64. The Labute approximate surface area is 154 Å². The first kappa shape index (κ1) is 15.5. The van der Waals surface area contributed by atoms with Crippen molar-refractivity contribution in [3.63, 3.8) is 0 Å². The Hall–Kier alpha value is -2.77. The summed E-state index contributed by atoms with van der Waals surface area (Å²) >= 11 is 1.55. The zero-order chi connectivity index (χ0) is 17.7. The van der Waals surface area contributed by atoms with E-state index in [4.69, 9.17) is 4.74 Å². The first-order valence-electron chi connectivity index (χ1n) is 8.26. The lowest BCUT2D eigenvalue weighted by Gasteiger charge is -2.33. The first-order chi connectivity index (χ1) is 12.7. The fourth-order valence-corrected chi connectivity index (χ4v) is 4.32. The minimum absolute atomic E-state index is 0.0776. The van der Waals surface area contributed by atoms with Crippen LogP contribution in [-0.2, 0) is 0 Å². The van der Waals surface area contributed by atoms with E-state index in [9.17, 15) is 5.11 Å². The van der Waals surface area contributed by atoms with E-state index >= 15 is 0 Å². The number of aromatic nitrogens is 3. The van der Waals surface area contributed by atoms with Gasteiger partial charge in [-0.2, -0.15) is 0 Å². The van der Waals surface area contributed by atoms with Gasteiger partial charge in [0.2, 0.25) is 0 Å². The van der Waals surface area contributed by atoms with Crippen molar-refractivity contribution in [2.45, 2.75) is 16.8 Å². The molecule has 5 rings (SSSR count). The zero-order valence-corrected chi connectivity index (χ0v) is 14.8. The highest BCUT2D eigenvalue weighted by Gasteiger charge is 2.36. The van der Waals surface area contributed by atoms with E-state index in [1.807, 2.05) is 54.6 Å². The molecule has 0 unspecified atom stereocenters. The van der Waals surface area contributed by atoms with Crippen molar-refractivity contribution >= 4 is 23.5 Å². The second-order valence-corrected chi connectivity index (χ2v) is 7.21. The van der Waals surface area contributed by atoms with Gasteiger partial charge in [-0.15, -0.1) is 5.10 Å². The smallest absolute Gasteiger partial charge is 0.191 e. The molecule has 3 aromatic rings. The van der Waals surface area contributed by atoms with Gasteiger partial charge in [-0.05, 0) is 24.3 Å². The number of hydrogen-bond donors (Lipinski definition) is 2. The molecule has 2 atom stereocenters. The average Bonchev–Trinajstić information content (AvgIpc) is 3.11. The Morgan fingerprint density at radius 1 is 1.19 bits per heavy atom. The molecule has 0 amide bonds. The standard InChI is InChI=1S/C19H16N4O2S/c1-25-13-7-8-15-12(9-13)10-14-17(20-15)26-19-21-16(22-23(19)18(14)24)11-5-3-2-4-6-11/h2-10,17-18,20,24H,1H3/t17-,18+/m1/s1. The molecule has 1 aromatic heterocycles. The van der Waals surface area contributed by atoms with Crippen LogP contribution >= 0.6 is 11.8 Å². The van der Waals surface area contributed by atoms with Crippen LogP contribution < -0.4 is 10.1 Å². The SMILES string of the molecule is COc1ccc2c(c1)C=C1[C@H](N2)Sc2nc(-c3ccccc3)nn2[C@H]1O. The second kappa shape index (κ2) is 5.89. The van der Waals surface area contributed by atoms with Gasteiger partial charge in [0.15, 0.2) is 17.2 Å². The maximum Gasteiger partial charge on any atom is 0.191 e. The van der Waals surface area contributed by atoms with Gasteiger partial charge in [0.1, 0.15) is 11.1 Å². The average molecular weight is 364 g/mol. The Bertz CT molecular complexity index is 1020. The number of aliphatic hydroxyl groups is 1. The molecule has 0 spiro atoms. The Kier molecular flexibility index (Phi) is 3.51. The van der Waals surface area contributed by atoms with Crippen molar-refractivity contribution in [1.29, 1.82) is 0 Å². The Morgan fingerprint density at radius 2 is 2.04 bits per heavy atom. The number of anilines is 1. The Morgan fingerprint density at radius 3 is 2.85 bits per heavy atom. The summed E-state index contributed by atoms with van der Waals surface area (Å²) in [5.74, 6) is 1.40. The van der Waals surface area contributed by atoms with E-state index in [1.54, 1.807) is 23.6 Å². The van der Waals surface area contributed by atoms with Gasteiger partial charge < -0.3 is 15.2 Å². The Balaban J connectivity index is 1.55. The maximum atomic E-state index is 10.9. The molecule has 3 heterocycles. The minimum atomic E-state index is -0.854. The quantitative estimate of drug-likeness (QED) is 0.726. The van der Waals surface area contributed by atoms with Crippen LogP contribution in [0.4, 0.5) is 5.69 Å². The maximum absolute atomic E-state index is 10.9. The number of aliphatic hydroxyl groups excluding tert-OH is 1. The molecule has 130 valence electrons. The van der Waals surface area contributed by atoms with Crippen molar-refractivity contribution in [2.24, 2.45) is 0 Å². The lowest BCUT2D eigenvalue weighted by Crippen LogP contribution is -2.32. The molecule has 2 aliphatic heterocycles. The van der Waals surface area contributed by atoms with Crippen LogP contribution in [0, 0.1) is 0 Å². The van der Waals surface area contributed by atoms with Crippen molar-refractivity contribution in [3.8, 4) is 17.1 Å². The molecule has 0 radical (unpaired) electrons. The van der Waals surface area contributed by atoms with Crippen LogP contribution in [0.25, 0.3) is 17.5 Å². The van der Waals surface area contributed by atoms with E-state index < -0.39 is 6.23 Å². The molecule has 2 aromatic carbocycles. The molecule has 26 heavy (non-hydrogen) atoms. The van der Waals surface area contributed by atoms with Crippen LogP contribution in [0.15, 0.2) is 59.3 Å². The fraction of sp³-hybridized carbons (Fsp3) is 0.158. The second-order valence-electron chi connectivity index (χ2n) is 6.14. The third-order valence-electron chi connectivity index (χ3n) is 4.56. The molecule has 0 fully saturated rings. The van der Waals surface area contributed by atoms with E-state index in [-0.39, 0.29) is 5.37 Å². The van der Waals surface area contributed by atoms with Gasteiger partial charge in [-0.3, -0.25) is 0 Å². The largest absolute Gasteiger partial charge is 0.497 e. The highest BCUT2D eigenvalue weighted by atomic mass is 32.2. The van der Waals surface area contributed by atoms with E-state index in [1.165, 1.54) is 0 Å². The van der Waals surface area contributed by atoms with E-state index in [0.29, 0.717) is 11.0 Å². The van der Waals surface area contributed by atoms with Gasteiger partial charge in [0.25, 0.3) is 0 Å². The summed E-state index contributed by atoms with van der Waals surface area (Å²) in [6.45, 7) is 0. The number of nitrogens with one attached hydrogen (secondary N) is 1. The van der Waals surface area contributed by atoms with Crippen LogP contribution in [-0.4, -0.2) is 32.4 Å². The molecule has 0 saturated heterocycles. The van der Waals surface area contributed by atoms with Gasteiger partial charge in [-0.1, -0.05) is 42.1 Å². The molecular formula is C19H16N4O2S. The summed E-state index contributed by atoms with van der Waals surface area (Å²) in [6, 6.07) is 15.6. The molecule has 2 aliphatic rings. The lowest BCUT2D eigenvalue weighted by molar-refractivity contribution is 0.113. The number of ether oxygens (including phenoxy) is 1. The topological polar surface area (TPSA) is 72.2 Å². The molecule has 2 N–H and O–H groups in total. The predicted octanol–water partition coefficient (Wildman–Crippen LogP) is 3.39. The number of rotatable bonds is 2. The number of thioether (sulfide) groups is 1. The third kappa shape index (κ3) is 2.40. The third-order valence-corrected chi connectivity index (χ3v) is 5.67. The molecule has 6 nitrogen and oxygen atoms in total. The molecule has 0 aliphatic carbocycles. The van der Waals surface area contributed by atoms with Crippen LogP contribution in [0.3, 0.4) is 0 Å². The van der Waals surface area contributed by atoms with Crippen molar-refractivity contribution in [3.05, 3.63) is 59.7 Å². The van der Waals surface area contributed by atoms with E-state index in [0.717, 1.165) is 28.1 Å². The number of nitrogens with zero attached hydrogens (tertiary/aromatic N) is 3. The normalized spacial score (nSPS) is 20.3. The van der Waals surface area contributed by atoms with Crippen LogP contribution in [0.2, 0.25) is 0 Å². The number of methoxy groups -OCH3 is 1. The molecule has 7 heteroatoms. The van der Waals surface area contributed by atoms with Gasteiger partial charge in [0.05, 0.1) is 7.11 Å². The van der Waals surface area contributed by atoms with E-state index in [2.05, 4.69) is 15.4 Å². The van der Waals surface area contributed by atoms with Crippen molar-refractivity contribution < 1.29 is 9.84 Å². The van der Waals surface area contributed by atoms with Crippen LogP contribution in [0.5, 0.6) is 5.75 Å². The number of hydrogen-bond acceptors (Lipinski definition) is 6. The highest BCUT2D eigenvalue weighted by molar-refractivity contribution is 8.00. The van der Waals surface area contributed by atoms with Crippen LogP contribution in [0.1, 0.15) is 11.8 Å². The number of fused-ring (bicyclic) bond motifs is 3. The summed E-state index contributed by atoms with van der Waals surface area (Å²) in [5, 5.41) is 19.5. The fourth-order valence-electron chi connectivity index (χ4n) is 3.21. The van der Waals surface area contributed by atoms with Gasteiger partial charge in [-0.25, -0.2) is 9.67 Å². The summed E-state index contributed by atoms with van der Waals surface area (Å²) < 4.78 is 6.88. The minimum Gasteiger partial charge on any atom is -0.497 e. The first-order valence-corrected chi connectivity index (χ1v) is 9.13. The zero-order valence-electron chi connectivity index (χ0n) is 14.0. The van der Waals surface area contributed by atoms with Crippen molar-refractivity contribution in [1.82, 2.24) is 14.8 Å². The lowest BCUT2D eigenvalue weighted by atomic mass is 10.0. The predicted molar refractivity (Wildman–Crippen MR) is 101 cm³/mol. The van der Waals surface area contributed by atoms with Gasteiger partial charge >= 0.3 is 0 Å².